The van der Waals surface area contributed by atoms with Crippen LogP contribution in [0, 0.1) is 11.3 Å². The van der Waals surface area contributed by atoms with Crippen LogP contribution in [0.3, 0.4) is 0 Å². The second kappa shape index (κ2) is 6.23. The molecule has 1 aromatic carbocycles. The van der Waals surface area contributed by atoms with Gasteiger partial charge in [-0.05, 0) is 29.7 Å². The highest BCUT2D eigenvalue weighted by molar-refractivity contribution is 8.00. The van der Waals surface area contributed by atoms with Crippen LogP contribution in [-0.2, 0) is 0 Å². The van der Waals surface area contributed by atoms with Gasteiger partial charge in [0.05, 0.1) is 18.2 Å². The Labute approximate surface area is 107 Å². The number of hydrogen-bond acceptors (Lipinski definition) is 6. The van der Waals surface area contributed by atoms with Gasteiger partial charge in [0.2, 0.25) is 0 Å². The van der Waals surface area contributed by atoms with Crippen LogP contribution in [0.5, 0.6) is 5.75 Å². The number of aromatic nitrogens is 2. The Morgan fingerprint density at radius 1 is 1.47 bits per heavy atom. The number of thioether (sulfide) groups is 1. The molecule has 2 rings (SSSR count). The van der Waals surface area contributed by atoms with Crippen molar-refractivity contribution in [1.82, 2.24) is 9.36 Å². The van der Waals surface area contributed by atoms with E-state index in [4.69, 9.17) is 10.00 Å². The highest BCUT2D eigenvalue weighted by Crippen LogP contribution is 2.18. The molecule has 1 aromatic heterocycles. The van der Waals surface area contributed by atoms with Crippen LogP contribution in [0.25, 0.3) is 0 Å². The van der Waals surface area contributed by atoms with E-state index in [9.17, 15) is 0 Å². The number of hydrogen-bond donors (Lipinski definition) is 0. The summed E-state index contributed by atoms with van der Waals surface area (Å²) < 4.78 is 10.4. The lowest BCUT2D eigenvalue weighted by Crippen LogP contribution is -1.99. The first-order valence-corrected chi connectivity index (χ1v) is 6.67. The van der Waals surface area contributed by atoms with Gasteiger partial charge in [-0.25, -0.2) is 4.98 Å². The van der Waals surface area contributed by atoms with E-state index in [1.165, 1.54) is 11.5 Å². The lowest BCUT2D eigenvalue weighted by Gasteiger charge is -2.04. The zero-order chi connectivity index (χ0) is 11.9. The first-order valence-electron chi connectivity index (χ1n) is 4.91. The van der Waals surface area contributed by atoms with Gasteiger partial charge in [-0.1, -0.05) is 17.8 Å². The molecule has 0 saturated heterocycles. The molecular formula is C11H9N3OS2. The fourth-order valence-corrected chi connectivity index (χ4v) is 2.50. The zero-order valence-corrected chi connectivity index (χ0v) is 10.5. The molecule has 1 heterocycles. The quantitative estimate of drug-likeness (QED) is 0.613. The van der Waals surface area contributed by atoms with Crippen molar-refractivity contribution < 1.29 is 4.74 Å². The van der Waals surface area contributed by atoms with Crippen LogP contribution >= 0.6 is 23.3 Å². The van der Waals surface area contributed by atoms with Crippen molar-refractivity contribution in [3.8, 4) is 11.8 Å². The van der Waals surface area contributed by atoms with Gasteiger partial charge in [-0.2, -0.15) is 9.64 Å². The van der Waals surface area contributed by atoms with Gasteiger partial charge in [-0.3, -0.25) is 0 Å². The summed E-state index contributed by atoms with van der Waals surface area (Å²) in [5, 5.41) is 8.74. The Morgan fingerprint density at radius 3 is 3.18 bits per heavy atom. The molecule has 0 radical (unpaired) electrons. The van der Waals surface area contributed by atoms with Crippen molar-refractivity contribution in [3.63, 3.8) is 0 Å². The molecule has 0 aliphatic carbocycles. The molecule has 0 bridgehead atoms. The van der Waals surface area contributed by atoms with Crippen LogP contribution < -0.4 is 4.74 Å². The molecule has 0 N–H and O–H groups in total. The minimum absolute atomic E-state index is 0.582. The third kappa shape index (κ3) is 3.73. The van der Waals surface area contributed by atoms with E-state index in [0.717, 1.165) is 15.8 Å². The highest BCUT2D eigenvalue weighted by atomic mass is 32.2. The Balaban J connectivity index is 1.76. The first kappa shape index (κ1) is 11.9. The van der Waals surface area contributed by atoms with Crippen molar-refractivity contribution in [2.45, 2.75) is 4.34 Å². The molecule has 0 spiro atoms. The van der Waals surface area contributed by atoms with E-state index in [1.54, 1.807) is 30.2 Å². The van der Waals surface area contributed by atoms with Gasteiger partial charge < -0.3 is 4.74 Å². The minimum Gasteiger partial charge on any atom is -0.493 e. The zero-order valence-electron chi connectivity index (χ0n) is 8.87. The van der Waals surface area contributed by atoms with Crippen molar-refractivity contribution in [2.75, 3.05) is 12.4 Å². The Morgan fingerprint density at radius 2 is 2.41 bits per heavy atom. The lowest BCUT2D eigenvalue weighted by molar-refractivity contribution is 0.344. The maximum atomic E-state index is 8.74. The van der Waals surface area contributed by atoms with E-state index in [-0.39, 0.29) is 0 Å². The molecule has 2 aromatic rings. The third-order valence-electron chi connectivity index (χ3n) is 1.88. The normalized spacial score (nSPS) is 9.82. The van der Waals surface area contributed by atoms with Gasteiger partial charge >= 0.3 is 0 Å². The number of benzene rings is 1. The van der Waals surface area contributed by atoms with Crippen molar-refractivity contribution in [3.05, 3.63) is 36.2 Å². The molecule has 0 aliphatic rings. The average Bonchev–Trinajstić information content (AvgIpc) is 2.88. The molecule has 0 amide bonds. The monoisotopic (exact) mass is 263 g/mol. The molecule has 86 valence electrons. The summed E-state index contributed by atoms with van der Waals surface area (Å²) in [6.45, 7) is 0.582. The average molecular weight is 263 g/mol. The largest absolute Gasteiger partial charge is 0.493 e. The van der Waals surface area contributed by atoms with Crippen LogP contribution in [0.15, 0.2) is 34.9 Å². The van der Waals surface area contributed by atoms with Crippen LogP contribution in [0.2, 0.25) is 0 Å². The molecule has 0 fully saturated rings. The van der Waals surface area contributed by atoms with E-state index in [1.807, 2.05) is 12.1 Å². The third-order valence-corrected chi connectivity index (χ3v) is 3.64. The molecular weight excluding hydrogens is 254 g/mol. The van der Waals surface area contributed by atoms with Gasteiger partial charge in [-0.15, -0.1) is 0 Å². The van der Waals surface area contributed by atoms with Crippen molar-refractivity contribution in [2.24, 2.45) is 0 Å². The lowest BCUT2D eigenvalue weighted by atomic mass is 10.2. The van der Waals surface area contributed by atoms with Gasteiger partial charge in [0.1, 0.15) is 12.1 Å². The molecule has 6 heteroatoms. The Hall–Kier alpha value is -1.58. The molecule has 0 atom stereocenters. The van der Waals surface area contributed by atoms with E-state index < -0.39 is 0 Å². The Kier molecular flexibility index (Phi) is 4.36. The summed E-state index contributed by atoms with van der Waals surface area (Å²) in [5.41, 5.74) is 0.610. The maximum absolute atomic E-state index is 8.74. The number of ether oxygens (including phenoxy) is 1. The summed E-state index contributed by atoms with van der Waals surface area (Å²) in [7, 11) is 0. The fourth-order valence-electron chi connectivity index (χ4n) is 1.17. The van der Waals surface area contributed by atoms with Crippen LogP contribution in [0.1, 0.15) is 5.56 Å². The highest BCUT2D eigenvalue weighted by Gasteiger charge is 1.99. The van der Waals surface area contributed by atoms with Gasteiger partial charge in [0, 0.05) is 5.75 Å². The summed E-state index contributed by atoms with van der Waals surface area (Å²) >= 11 is 2.99. The smallest absolute Gasteiger partial charge is 0.169 e. The van der Waals surface area contributed by atoms with Gasteiger partial charge in [0.25, 0.3) is 0 Å². The minimum atomic E-state index is 0.582. The number of nitriles is 1. The molecule has 0 unspecified atom stereocenters. The van der Waals surface area contributed by atoms with Crippen molar-refractivity contribution >= 4 is 23.3 Å². The summed E-state index contributed by atoms with van der Waals surface area (Å²) in [6, 6.07) is 9.22. The molecule has 0 saturated carbocycles. The predicted octanol–water partition coefficient (Wildman–Crippen LogP) is 2.58. The summed E-state index contributed by atoms with van der Waals surface area (Å²) in [4.78, 5) is 4.06. The second-order valence-electron chi connectivity index (χ2n) is 3.04. The summed E-state index contributed by atoms with van der Waals surface area (Å²) in [6.07, 6.45) is 1.55. The standard InChI is InChI=1S/C11H9N3OS2/c12-7-9-2-1-3-10(6-9)15-4-5-16-11-13-8-14-17-11/h1-3,6,8H,4-5H2. The second-order valence-corrected chi connectivity index (χ2v) is 5.17. The summed E-state index contributed by atoms with van der Waals surface area (Å²) in [5.74, 6) is 1.54. The topological polar surface area (TPSA) is 58.8 Å². The fraction of sp³-hybridized carbons (Fsp3) is 0.182. The first-order chi connectivity index (χ1) is 8.38. The van der Waals surface area contributed by atoms with E-state index in [0.29, 0.717) is 12.2 Å². The SMILES string of the molecule is N#Cc1cccc(OCCSc2ncns2)c1. The Bertz CT molecular complexity index is 508. The number of nitrogens with zero attached hydrogens (tertiary/aromatic N) is 3. The van der Waals surface area contributed by atoms with E-state index in [2.05, 4.69) is 15.4 Å². The van der Waals surface area contributed by atoms with Crippen LogP contribution in [0.4, 0.5) is 0 Å². The number of rotatable bonds is 5. The van der Waals surface area contributed by atoms with Gasteiger partial charge in [0.15, 0.2) is 4.34 Å². The molecule has 0 aliphatic heterocycles. The maximum Gasteiger partial charge on any atom is 0.169 e. The molecule has 17 heavy (non-hydrogen) atoms. The van der Waals surface area contributed by atoms with E-state index >= 15 is 0 Å². The van der Waals surface area contributed by atoms with Crippen molar-refractivity contribution in [1.29, 1.82) is 5.26 Å². The van der Waals surface area contributed by atoms with Crippen LogP contribution in [-0.4, -0.2) is 21.7 Å². The predicted molar refractivity (Wildman–Crippen MR) is 67.3 cm³/mol. The molecule has 4 nitrogen and oxygen atoms in total.